The third-order valence-corrected chi connectivity index (χ3v) is 2.79. The molecule has 21 heavy (non-hydrogen) atoms. The topological polar surface area (TPSA) is 78.6 Å². The molecule has 1 rings (SSSR count). The van der Waals surface area contributed by atoms with Gasteiger partial charge in [-0.3, -0.25) is 10.1 Å². The number of halogens is 2. The van der Waals surface area contributed by atoms with Gasteiger partial charge in [-0.25, -0.2) is 4.39 Å². The van der Waals surface area contributed by atoms with Crippen molar-refractivity contribution in [1.29, 1.82) is 0 Å². The van der Waals surface area contributed by atoms with Gasteiger partial charge in [0, 0.05) is 37.3 Å². The molecule has 1 unspecified atom stereocenters. The summed E-state index contributed by atoms with van der Waals surface area (Å²) < 4.78 is 26.7. The maximum Gasteiger partial charge on any atom is 0.305 e. The van der Waals surface area contributed by atoms with Crippen molar-refractivity contribution >= 4 is 5.69 Å². The van der Waals surface area contributed by atoms with Crippen molar-refractivity contribution in [3.05, 3.63) is 39.4 Å². The highest BCUT2D eigenvalue weighted by Crippen LogP contribution is 2.21. The zero-order valence-corrected chi connectivity index (χ0v) is 12.2. The van der Waals surface area contributed by atoms with Crippen LogP contribution in [0.2, 0.25) is 0 Å². The van der Waals surface area contributed by atoms with E-state index < -0.39 is 27.8 Å². The van der Waals surface area contributed by atoms with Crippen molar-refractivity contribution in [3.63, 3.8) is 0 Å². The highest BCUT2D eigenvalue weighted by molar-refractivity contribution is 5.37. The molecule has 0 saturated carbocycles. The van der Waals surface area contributed by atoms with E-state index in [9.17, 15) is 24.0 Å². The molecule has 0 aliphatic heterocycles. The quantitative estimate of drug-likeness (QED) is 0.586. The van der Waals surface area contributed by atoms with E-state index in [4.69, 9.17) is 0 Å². The van der Waals surface area contributed by atoms with Crippen LogP contribution in [0, 0.1) is 21.7 Å². The summed E-state index contributed by atoms with van der Waals surface area (Å²) in [6.07, 6.45) is 0. The molecule has 0 amide bonds. The molecule has 0 aliphatic rings. The van der Waals surface area contributed by atoms with E-state index in [0.717, 1.165) is 6.07 Å². The van der Waals surface area contributed by atoms with Crippen LogP contribution in [-0.2, 0) is 6.54 Å². The molecule has 0 bridgehead atoms. The zero-order valence-electron chi connectivity index (χ0n) is 12.2. The Balaban J connectivity index is 2.72. The number of nitro benzene ring substituents is 1. The molecule has 1 aromatic carbocycles. The Hall–Kier alpha value is -1.64. The number of nitrogens with zero attached hydrogens (tertiary/aromatic N) is 2. The van der Waals surface area contributed by atoms with E-state index in [2.05, 4.69) is 5.32 Å². The fraction of sp³-hybridized carbons (Fsp3) is 0.538. The summed E-state index contributed by atoms with van der Waals surface area (Å²) >= 11 is 0. The lowest BCUT2D eigenvalue weighted by molar-refractivity contribution is -0.387. The fourth-order valence-electron chi connectivity index (χ4n) is 2.06. The van der Waals surface area contributed by atoms with E-state index in [1.54, 1.807) is 25.9 Å². The molecule has 0 saturated heterocycles. The second-order valence-electron chi connectivity index (χ2n) is 5.49. The van der Waals surface area contributed by atoms with E-state index in [0.29, 0.717) is 12.6 Å². The van der Waals surface area contributed by atoms with Gasteiger partial charge in [0.05, 0.1) is 10.5 Å². The van der Waals surface area contributed by atoms with Gasteiger partial charge >= 0.3 is 5.69 Å². The molecule has 0 radical (unpaired) electrons. The SMILES string of the molecule is CN(C)CC(C)(O)CNCc1cc([N+](=O)[O-])c(F)cc1F. The highest BCUT2D eigenvalue weighted by atomic mass is 19.1. The lowest BCUT2D eigenvalue weighted by Gasteiger charge is -2.27. The molecule has 0 heterocycles. The Bertz CT molecular complexity index is 522. The fourth-order valence-corrected chi connectivity index (χ4v) is 2.06. The number of aliphatic hydroxyl groups is 1. The second kappa shape index (κ2) is 6.88. The van der Waals surface area contributed by atoms with Gasteiger partial charge in [-0.1, -0.05) is 0 Å². The molecule has 6 nitrogen and oxygen atoms in total. The monoisotopic (exact) mass is 303 g/mol. The van der Waals surface area contributed by atoms with E-state index in [1.807, 2.05) is 0 Å². The third kappa shape index (κ3) is 5.33. The van der Waals surface area contributed by atoms with Gasteiger partial charge < -0.3 is 15.3 Å². The van der Waals surface area contributed by atoms with Crippen LogP contribution >= 0.6 is 0 Å². The summed E-state index contributed by atoms with van der Waals surface area (Å²) in [6.45, 7) is 2.13. The number of hydrogen-bond acceptors (Lipinski definition) is 5. The lowest BCUT2D eigenvalue weighted by Crippen LogP contribution is -2.45. The first kappa shape index (κ1) is 17.4. The average molecular weight is 303 g/mol. The molecule has 0 spiro atoms. The van der Waals surface area contributed by atoms with Gasteiger partial charge in [-0.2, -0.15) is 4.39 Å². The van der Waals surface area contributed by atoms with Crippen LogP contribution in [0.4, 0.5) is 14.5 Å². The number of hydrogen-bond donors (Lipinski definition) is 2. The summed E-state index contributed by atoms with van der Waals surface area (Å²) in [4.78, 5) is 11.5. The first-order valence-corrected chi connectivity index (χ1v) is 6.32. The van der Waals surface area contributed by atoms with Gasteiger partial charge in [0.25, 0.3) is 0 Å². The normalized spacial score (nSPS) is 14.2. The van der Waals surface area contributed by atoms with Gasteiger partial charge in [0.1, 0.15) is 5.82 Å². The standard InChI is InChI=1S/C13H19F2N3O3/c1-13(19,8-17(2)3)7-16-6-9-4-12(18(20)21)11(15)5-10(9)14/h4-5,16,19H,6-8H2,1-3H3. The Labute approximate surface area is 121 Å². The Morgan fingerprint density at radius 2 is 2.00 bits per heavy atom. The number of rotatable bonds is 7. The van der Waals surface area contributed by atoms with E-state index in [1.165, 1.54) is 0 Å². The molecular weight excluding hydrogens is 284 g/mol. The molecule has 1 aromatic rings. The molecule has 1 atom stereocenters. The molecule has 0 aromatic heterocycles. The predicted octanol–water partition coefficient (Wildman–Crippen LogP) is 1.28. The van der Waals surface area contributed by atoms with Gasteiger partial charge in [-0.15, -0.1) is 0 Å². The third-order valence-electron chi connectivity index (χ3n) is 2.79. The van der Waals surface area contributed by atoms with Crippen molar-refractivity contribution < 1.29 is 18.8 Å². The molecule has 118 valence electrons. The minimum Gasteiger partial charge on any atom is -0.388 e. The summed E-state index contributed by atoms with van der Waals surface area (Å²) in [6, 6.07) is 1.35. The van der Waals surface area contributed by atoms with Crippen LogP contribution in [0.25, 0.3) is 0 Å². The van der Waals surface area contributed by atoms with Gasteiger partial charge in [-0.05, 0) is 21.0 Å². The van der Waals surface area contributed by atoms with Gasteiger partial charge in [0.15, 0.2) is 0 Å². The Morgan fingerprint density at radius 3 is 2.52 bits per heavy atom. The maximum atomic E-state index is 13.6. The van der Waals surface area contributed by atoms with Crippen LogP contribution < -0.4 is 5.32 Å². The zero-order chi connectivity index (χ0) is 16.2. The van der Waals surface area contributed by atoms with Crippen LogP contribution in [0.1, 0.15) is 12.5 Å². The first-order chi connectivity index (χ1) is 9.62. The van der Waals surface area contributed by atoms with Crippen LogP contribution in [0.3, 0.4) is 0 Å². The highest BCUT2D eigenvalue weighted by Gasteiger charge is 2.22. The minimum absolute atomic E-state index is 0.0243. The Kier molecular flexibility index (Phi) is 5.70. The molecule has 0 aliphatic carbocycles. The average Bonchev–Trinajstić information content (AvgIpc) is 2.29. The van der Waals surface area contributed by atoms with Crippen molar-refractivity contribution in [2.75, 3.05) is 27.2 Å². The lowest BCUT2D eigenvalue weighted by atomic mass is 10.1. The van der Waals surface area contributed by atoms with Crippen LogP contribution in [0.15, 0.2) is 12.1 Å². The smallest absolute Gasteiger partial charge is 0.305 e. The number of nitrogens with one attached hydrogen (secondary N) is 1. The maximum absolute atomic E-state index is 13.6. The number of benzene rings is 1. The van der Waals surface area contributed by atoms with Crippen LogP contribution in [0.5, 0.6) is 0 Å². The van der Waals surface area contributed by atoms with E-state index in [-0.39, 0.29) is 18.7 Å². The van der Waals surface area contributed by atoms with E-state index >= 15 is 0 Å². The van der Waals surface area contributed by atoms with Crippen molar-refractivity contribution in [1.82, 2.24) is 10.2 Å². The Morgan fingerprint density at radius 1 is 1.38 bits per heavy atom. The van der Waals surface area contributed by atoms with Crippen molar-refractivity contribution in [3.8, 4) is 0 Å². The summed E-state index contributed by atoms with van der Waals surface area (Å²) in [7, 11) is 3.61. The minimum atomic E-state index is -1.21. The summed E-state index contributed by atoms with van der Waals surface area (Å²) in [5.74, 6) is -2.07. The predicted molar refractivity (Wildman–Crippen MR) is 73.9 cm³/mol. The largest absolute Gasteiger partial charge is 0.388 e. The number of likely N-dealkylation sites (N-methyl/N-ethyl adjacent to an activating group) is 1. The van der Waals surface area contributed by atoms with Crippen molar-refractivity contribution in [2.24, 2.45) is 0 Å². The van der Waals surface area contributed by atoms with Gasteiger partial charge in [0.2, 0.25) is 5.82 Å². The van der Waals surface area contributed by atoms with Crippen LogP contribution in [-0.4, -0.2) is 47.7 Å². The number of nitro groups is 1. The molecule has 8 heteroatoms. The summed E-state index contributed by atoms with van der Waals surface area (Å²) in [5.41, 5.74) is -1.83. The second-order valence-corrected chi connectivity index (χ2v) is 5.49. The van der Waals surface area contributed by atoms with Crippen molar-refractivity contribution in [2.45, 2.75) is 19.1 Å². The molecule has 0 fully saturated rings. The molecular formula is C13H19F2N3O3. The summed E-state index contributed by atoms with van der Waals surface area (Å²) in [5, 5.41) is 23.5. The molecule has 2 N–H and O–H groups in total. The first-order valence-electron chi connectivity index (χ1n) is 6.32.